The zero-order chi connectivity index (χ0) is 14.7. The van der Waals surface area contributed by atoms with Gasteiger partial charge in [-0.15, -0.1) is 0 Å². The quantitative estimate of drug-likeness (QED) is 0.482. The Balaban J connectivity index is 3.54. The molecule has 3 atom stereocenters. The third-order valence-electron chi connectivity index (χ3n) is 4.11. The second kappa shape index (κ2) is 11.3. The van der Waals surface area contributed by atoms with Crippen molar-refractivity contribution < 1.29 is 9.53 Å². The predicted molar refractivity (Wildman–Crippen MR) is 82.1 cm³/mol. The minimum absolute atomic E-state index is 0.0572. The molecular weight excluding hydrogens is 236 g/mol. The summed E-state index contributed by atoms with van der Waals surface area (Å²) in [4.78, 5) is 11.3. The van der Waals surface area contributed by atoms with Crippen molar-refractivity contribution in [3.05, 3.63) is 0 Å². The average Bonchev–Trinajstić information content (AvgIpc) is 2.37. The third kappa shape index (κ3) is 9.98. The molecule has 0 aliphatic carbocycles. The van der Waals surface area contributed by atoms with Crippen LogP contribution in [-0.4, -0.2) is 13.1 Å². The van der Waals surface area contributed by atoms with Crippen LogP contribution in [0.2, 0.25) is 0 Å². The molecule has 0 fully saturated rings. The van der Waals surface area contributed by atoms with Crippen LogP contribution in [0.4, 0.5) is 0 Å². The summed E-state index contributed by atoms with van der Waals surface area (Å²) >= 11 is 0. The Kier molecular flexibility index (Phi) is 11.0. The molecule has 19 heavy (non-hydrogen) atoms. The third-order valence-corrected chi connectivity index (χ3v) is 4.11. The maximum atomic E-state index is 11.3. The highest BCUT2D eigenvalue weighted by Gasteiger charge is 2.13. The standard InChI is InChI=1S/C17H34O2/c1-6-9-14(2)10-7-11-15(3)12-8-13-16(4)17(18)19-5/h14-16H,6-13H2,1-5H3. The van der Waals surface area contributed by atoms with E-state index in [1.165, 1.54) is 45.6 Å². The monoisotopic (exact) mass is 270 g/mol. The fourth-order valence-electron chi connectivity index (χ4n) is 2.69. The van der Waals surface area contributed by atoms with E-state index in [4.69, 9.17) is 4.74 Å². The smallest absolute Gasteiger partial charge is 0.308 e. The van der Waals surface area contributed by atoms with Crippen LogP contribution in [0.3, 0.4) is 0 Å². The zero-order valence-electron chi connectivity index (χ0n) is 13.7. The lowest BCUT2D eigenvalue weighted by atomic mass is 9.92. The van der Waals surface area contributed by atoms with E-state index in [1.807, 2.05) is 6.92 Å². The van der Waals surface area contributed by atoms with E-state index in [9.17, 15) is 4.79 Å². The van der Waals surface area contributed by atoms with E-state index in [-0.39, 0.29) is 11.9 Å². The highest BCUT2D eigenvalue weighted by molar-refractivity contribution is 5.71. The van der Waals surface area contributed by atoms with Gasteiger partial charge in [-0.3, -0.25) is 4.79 Å². The number of carbonyl (C=O) groups is 1. The zero-order valence-corrected chi connectivity index (χ0v) is 13.7. The molecule has 3 unspecified atom stereocenters. The van der Waals surface area contributed by atoms with Crippen LogP contribution < -0.4 is 0 Å². The van der Waals surface area contributed by atoms with Crippen molar-refractivity contribution in [2.45, 2.75) is 79.1 Å². The molecule has 0 spiro atoms. The first kappa shape index (κ1) is 18.5. The second-order valence-corrected chi connectivity index (χ2v) is 6.29. The number of carbonyl (C=O) groups excluding carboxylic acids is 1. The second-order valence-electron chi connectivity index (χ2n) is 6.29. The molecule has 0 aromatic rings. The van der Waals surface area contributed by atoms with Gasteiger partial charge in [-0.2, -0.15) is 0 Å². The van der Waals surface area contributed by atoms with Crippen LogP contribution in [-0.2, 0) is 9.53 Å². The van der Waals surface area contributed by atoms with Crippen molar-refractivity contribution in [2.24, 2.45) is 17.8 Å². The molecule has 2 heteroatoms. The number of rotatable bonds is 11. The summed E-state index contributed by atoms with van der Waals surface area (Å²) in [5, 5.41) is 0. The lowest BCUT2D eigenvalue weighted by molar-refractivity contribution is -0.145. The van der Waals surface area contributed by atoms with E-state index in [0.29, 0.717) is 0 Å². The molecule has 0 aromatic heterocycles. The number of esters is 1. The van der Waals surface area contributed by atoms with E-state index < -0.39 is 0 Å². The van der Waals surface area contributed by atoms with Crippen molar-refractivity contribution in [1.82, 2.24) is 0 Å². The first-order valence-electron chi connectivity index (χ1n) is 8.09. The lowest BCUT2D eigenvalue weighted by Crippen LogP contribution is -2.12. The number of hydrogen-bond donors (Lipinski definition) is 0. The molecule has 0 N–H and O–H groups in total. The van der Waals surface area contributed by atoms with Gasteiger partial charge in [-0.05, 0) is 18.3 Å². The molecule has 0 heterocycles. The van der Waals surface area contributed by atoms with Gasteiger partial charge in [0.05, 0.1) is 13.0 Å². The van der Waals surface area contributed by atoms with Crippen LogP contribution in [0.5, 0.6) is 0 Å². The summed E-state index contributed by atoms with van der Waals surface area (Å²) in [5.74, 6) is 1.66. The summed E-state index contributed by atoms with van der Waals surface area (Å²) in [6.07, 6.45) is 10.1. The maximum absolute atomic E-state index is 11.3. The summed E-state index contributed by atoms with van der Waals surface area (Å²) in [7, 11) is 1.47. The molecule has 0 radical (unpaired) electrons. The maximum Gasteiger partial charge on any atom is 0.308 e. The molecule has 0 amide bonds. The van der Waals surface area contributed by atoms with Gasteiger partial charge in [0.2, 0.25) is 0 Å². The largest absolute Gasteiger partial charge is 0.469 e. The molecule has 0 aliphatic heterocycles. The first-order chi connectivity index (χ1) is 9.01. The number of hydrogen-bond acceptors (Lipinski definition) is 2. The molecule has 0 rings (SSSR count). The van der Waals surface area contributed by atoms with Crippen molar-refractivity contribution in [3.63, 3.8) is 0 Å². The minimum Gasteiger partial charge on any atom is -0.469 e. The fourth-order valence-corrected chi connectivity index (χ4v) is 2.69. The van der Waals surface area contributed by atoms with E-state index in [1.54, 1.807) is 0 Å². The Hall–Kier alpha value is -0.530. The van der Waals surface area contributed by atoms with Crippen LogP contribution in [0.1, 0.15) is 79.1 Å². The highest BCUT2D eigenvalue weighted by Crippen LogP contribution is 2.21. The molecule has 114 valence electrons. The average molecular weight is 270 g/mol. The lowest BCUT2D eigenvalue weighted by Gasteiger charge is -2.15. The fraction of sp³-hybridized carbons (Fsp3) is 0.941. The van der Waals surface area contributed by atoms with Crippen LogP contribution in [0.15, 0.2) is 0 Å². The first-order valence-corrected chi connectivity index (χ1v) is 8.09. The van der Waals surface area contributed by atoms with Crippen molar-refractivity contribution in [1.29, 1.82) is 0 Å². The highest BCUT2D eigenvalue weighted by atomic mass is 16.5. The van der Waals surface area contributed by atoms with Gasteiger partial charge in [0, 0.05) is 0 Å². The van der Waals surface area contributed by atoms with Crippen molar-refractivity contribution in [3.8, 4) is 0 Å². The Labute approximate surface area is 120 Å². The van der Waals surface area contributed by atoms with Gasteiger partial charge < -0.3 is 4.74 Å². The molecule has 0 aliphatic rings. The summed E-state index contributed by atoms with van der Waals surface area (Å²) in [6, 6.07) is 0. The molecule has 0 saturated heterocycles. The van der Waals surface area contributed by atoms with E-state index in [0.717, 1.165) is 24.7 Å². The van der Waals surface area contributed by atoms with Gasteiger partial charge in [-0.25, -0.2) is 0 Å². The van der Waals surface area contributed by atoms with Gasteiger partial charge >= 0.3 is 5.97 Å². The van der Waals surface area contributed by atoms with Gasteiger partial charge in [0.25, 0.3) is 0 Å². The SMILES string of the molecule is CCCC(C)CCCC(C)CCCC(C)C(=O)OC. The topological polar surface area (TPSA) is 26.3 Å². The van der Waals surface area contributed by atoms with Crippen molar-refractivity contribution >= 4 is 5.97 Å². The van der Waals surface area contributed by atoms with Gasteiger partial charge in [0.1, 0.15) is 0 Å². The minimum atomic E-state index is -0.0685. The van der Waals surface area contributed by atoms with E-state index in [2.05, 4.69) is 20.8 Å². The summed E-state index contributed by atoms with van der Waals surface area (Å²) < 4.78 is 4.74. The normalized spacial score (nSPS) is 15.8. The van der Waals surface area contributed by atoms with Crippen molar-refractivity contribution in [2.75, 3.05) is 7.11 Å². The summed E-state index contributed by atoms with van der Waals surface area (Å²) in [6.45, 7) is 8.93. The molecule has 0 bridgehead atoms. The van der Waals surface area contributed by atoms with Gasteiger partial charge in [0.15, 0.2) is 0 Å². The predicted octanol–water partition coefficient (Wildman–Crippen LogP) is 5.21. The number of ether oxygens (including phenoxy) is 1. The van der Waals surface area contributed by atoms with Crippen LogP contribution in [0.25, 0.3) is 0 Å². The van der Waals surface area contributed by atoms with E-state index >= 15 is 0 Å². The van der Waals surface area contributed by atoms with Gasteiger partial charge in [-0.1, -0.05) is 72.6 Å². The number of methoxy groups -OCH3 is 1. The Morgan fingerprint density at radius 2 is 1.37 bits per heavy atom. The molecule has 2 nitrogen and oxygen atoms in total. The summed E-state index contributed by atoms with van der Waals surface area (Å²) in [5.41, 5.74) is 0. The van der Waals surface area contributed by atoms with Crippen LogP contribution >= 0.6 is 0 Å². The molecular formula is C17H34O2. The molecule has 0 saturated carbocycles. The molecule has 0 aromatic carbocycles. The Morgan fingerprint density at radius 3 is 1.84 bits per heavy atom. The Bertz CT molecular complexity index is 225. The van der Waals surface area contributed by atoms with Crippen LogP contribution in [0, 0.1) is 17.8 Å². The Morgan fingerprint density at radius 1 is 0.895 bits per heavy atom.